The predicted molar refractivity (Wildman–Crippen MR) is 51.0 cm³/mol. The smallest absolute Gasteiger partial charge is 0.408 e. The van der Waals surface area contributed by atoms with Crippen molar-refractivity contribution in [1.29, 1.82) is 0 Å². The molecule has 0 heterocycles. The minimum atomic E-state index is -1.81. The summed E-state index contributed by atoms with van der Waals surface area (Å²) in [5.74, 6) is 0. The summed E-state index contributed by atoms with van der Waals surface area (Å²) in [6.45, 7) is 6.07. The first-order valence-electron chi connectivity index (χ1n) is 4.50. The molecular formula is C9H16FNO4. The van der Waals surface area contributed by atoms with Crippen molar-refractivity contribution in [1.82, 2.24) is 5.32 Å². The lowest BCUT2D eigenvalue weighted by molar-refractivity contribution is -0.134. The van der Waals surface area contributed by atoms with E-state index in [0.29, 0.717) is 0 Å². The molecule has 0 aromatic heterocycles. The van der Waals surface area contributed by atoms with Gasteiger partial charge in [-0.25, -0.2) is 4.79 Å². The zero-order valence-electron chi connectivity index (χ0n) is 9.20. The van der Waals surface area contributed by atoms with Crippen LogP contribution in [-0.4, -0.2) is 35.0 Å². The fourth-order valence-electron chi connectivity index (χ4n) is 0.802. The molecule has 1 amide bonds. The maximum atomic E-state index is 12.3. The minimum absolute atomic E-state index is 0.743. The van der Waals surface area contributed by atoms with Gasteiger partial charge in [0, 0.05) is 0 Å². The Labute approximate surface area is 87.6 Å². The molecule has 15 heavy (non-hydrogen) atoms. The number of alkyl carbamates (subject to hydrolysis) is 1. The van der Waals surface area contributed by atoms with Crippen LogP contribution >= 0.6 is 0 Å². The lowest BCUT2D eigenvalue weighted by Crippen LogP contribution is -2.48. The lowest BCUT2D eigenvalue weighted by atomic mass is 10.2. The van der Waals surface area contributed by atoms with E-state index in [-0.39, 0.29) is 0 Å². The molecule has 0 aliphatic rings. The predicted octanol–water partition coefficient (Wildman–Crippen LogP) is 0.757. The first kappa shape index (κ1) is 13.8. The number of aliphatic hydroxyl groups excluding tert-OH is 1. The maximum absolute atomic E-state index is 12.3. The van der Waals surface area contributed by atoms with Gasteiger partial charge in [0.05, 0.1) is 6.10 Å². The first-order chi connectivity index (χ1) is 6.63. The molecule has 88 valence electrons. The zero-order chi connectivity index (χ0) is 12.2. The molecule has 0 fully saturated rings. The second-order valence-corrected chi connectivity index (χ2v) is 4.17. The van der Waals surface area contributed by atoms with E-state index in [9.17, 15) is 14.0 Å². The topological polar surface area (TPSA) is 75.6 Å². The zero-order valence-corrected chi connectivity index (χ0v) is 9.20. The molecule has 2 atom stereocenters. The van der Waals surface area contributed by atoms with Gasteiger partial charge in [-0.05, 0) is 27.7 Å². The van der Waals surface area contributed by atoms with Crippen molar-refractivity contribution in [2.45, 2.75) is 45.4 Å². The molecule has 0 saturated heterocycles. The van der Waals surface area contributed by atoms with Crippen LogP contribution in [0.4, 0.5) is 9.18 Å². The molecule has 0 saturated carbocycles. The number of rotatable bonds is 3. The molecule has 0 unspecified atom stereocenters. The standard InChI is InChI=1S/C9H16FNO4/c1-5(12)6(7(10)13)11-8(14)15-9(2,3)4/h5-6,12H,1-4H3,(H,11,14)/t5-,6+/m1/s1. The number of hydrogen-bond acceptors (Lipinski definition) is 4. The minimum Gasteiger partial charge on any atom is -0.444 e. The summed E-state index contributed by atoms with van der Waals surface area (Å²) < 4.78 is 17.1. The number of hydrogen-bond donors (Lipinski definition) is 2. The van der Waals surface area contributed by atoms with Crippen molar-refractivity contribution in [3.8, 4) is 0 Å². The summed E-state index contributed by atoms with van der Waals surface area (Å²) in [5.41, 5.74) is -0.743. The molecule has 0 bridgehead atoms. The summed E-state index contributed by atoms with van der Waals surface area (Å²) >= 11 is 0. The number of carbonyl (C=O) groups excluding carboxylic acids is 2. The first-order valence-corrected chi connectivity index (χ1v) is 4.50. The Morgan fingerprint density at radius 2 is 1.87 bits per heavy atom. The number of amides is 1. The van der Waals surface area contributed by atoms with Crippen molar-refractivity contribution in [3.05, 3.63) is 0 Å². The molecule has 0 radical (unpaired) electrons. The van der Waals surface area contributed by atoms with Crippen LogP contribution in [0.5, 0.6) is 0 Å². The fourth-order valence-corrected chi connectivity index (χ4v) is 0.802. The molecule has 5 nitrogen and oxygen atoms in total. The van der Waals surface area contributed by atoms with Crippen LogP contribution < -0.4 is 5.32 Å². The third-order valence-electron chi connectivity index (χ3n) is 1.40. The van der Waals surface area contributed by atoms with E-state index in [2.05, 4.69) is 0 Å². The molecule has 0 rings (SSSR count). The average molecular weight is 221 g/mol. The Morgan fingerprint density at radius 1 is 1.40 bits per heavy atom. The average Bonchev–Trinajstić information content (AvgIpc) is 1.95. The highest BCUT2D eigenvalue weighted by molar-refractivity contribution is 5.81. The SMILES string of the molecule is C[C@@H](O)[C@H](NC(=O)OC(C)(C)C)C(=O)F. The highest BCUT2D eigenvalue weighted by atomic mass is 19.1. The Hall–Kier alpha value is -1.17. The van der Waals surface area contributed by atoms with Gasteiger partial charge in [-0.3, -0.25) is 4.79 Å². The second-order valence-electron chi connectivity index (χ2n) is 4.17. The van der Waals surface area contributed by atoms with Crippen LogP contribution in [0.2, 0.25) is 0 Å². The van der Waals surface area contributed by atoms with Gasteiger partial charge < -0.3 is 15.2 Å². The molecular weight excluding hydrogens is 205 g/mol. The van der Waals surface area contributed by atoms with E-state index in [1.54, 1.807) is 20.8 Å². The van der Waals surface area contributed by atoms with Crippen molar-refractivity contribution in [2.24, 2.45) is 0 Å². The third-order valence-corrected chi connectivity index (χ3v) is 1.40. The molecule has 0 spiro atoms. The van der Waals surface area contributed by atoms with Crippen molar-refractivity contribution in [3.63, 3.8) is 0 Å². The Kier molecular flexibility index (Phi) is 4.67. The number of nitrogens with one attached hydrogen (secondary N) is 1. The largest absolute Gasteiger partial charge is 0.444 e. The molecule has 0 aromatic carbocycles. The van der Waals surface area contributed by atoms with E-state index in [4.69, 9.17) is 9.84 Å². The van der Waals surface area contributed by atoms with E-state index >= 15 is 0 Å². The van der Waals surface area contributed by atoms with Gasteiger partial charge in [0.1, 0.15) is 11.6 Å². The van der Waals surface area contributed by atoms with Gasteiger partial charge in [0.2, 0.25) is 0 Å². The molecule has 2 N–H and O–H groups in total. The normalized spacial score (nSPS) is 15.3. The monoisotopic (exact) mass is 221 g/mol. The van der Waals surface area contributed by atoms with E-state index < -0.39 is 29.9 Å². The lowest BCUT2D eigenvalue weighted by Gasteiger charge is -2.22. The Morgan fingerprint density at radius 3 is 2.13 bits per heavy atom. The maximum Gasteiger partial charge on any atom is 0.408 e. The van der Waals surface area contributed by atoms with E-state index in [0.717, 1.165) is 0 Å². The van der Waals surface area contributed by atoms with Crippen molar-refractivity contribution >= 4 is 12.1 Å². The summed E-state index contributed by atoms with van der Waals surface area (Å²) in [6.07, 6.45) is -2.26. The van der Waals surface area contributed by atoms with Crippen LogP contribution in [0.25, 0.3) is 0 Å². The summed E-state index contributed by atoms with van der Waals surface area (Å²) in [5, 5.41) is 10.9. The van der Waals surface area contributed by atoms with Crippen LogP contribution in [0.1, 0.15) is 27.7 Å². The van der Waals surface area contributed by atoms with Crippen molar-refractivity contribution in [2.75, 3.05) is 0 Å². The molecule has 6 heteroatoms. The number of halogens is 1. The van der Waals surface area contributed by atoms with Crippen molar-refractivity contribution < 1.29 is 23.8 Å². The van der Waals surface area contributed by atoms with E-state index in [1.807, 2.05) is 5.32 Å². The summed E-state index contributed by atoms with van der Waals surface area (Å²) in [6, 6.07) is -3.39. The number of carbonyl (C=O) groups is 2. The molecule has 0 aliphatic carbocycles. The third kappa shape index (κ3) is 6.01. The van der Waals surface area contributed by atoms with Gasteiger partial charge in [-0.2, -0.15) is 4.39 Å². The number of aliphatic hydroxyl groups is 1. The summed E-state index contributed by atoms with van der Waals surface area (Å²) in [4.78, 5) is 21.5. The van der Waals surface area contributed by atoms with Gasteiger partial charge in [0.25, 0.3) is 0 Å². The van der Waals surface area contributed by atoms with Gasteiger partial charge in [-0.1, -0.05) is 0 Å². The molecule has 0 aromatic rings. The highest BCUT2D eigenvalue weighted by Crippen LogP contribution is 2.07. The van der Waals surface area contributed by atoms with Crippen LogP contribution in [0.15, 0.2) is 0 Å². The van der Waals surface area contributed by atoms with Crippen LogP contribution in [-0.2, 0) is 9.53 Å². The quantitative estimate of drug-likeness (QED) is 0.690. The van der Waals surface area contributed by atoms with Gasteiger partial charge in [0.15, 0.2) is 0 Å². The highest BCUT2D eigenvalue weighted by Gasteiger charge is 2.27. The number of ether oxygens (including phenoxy) is 1. The Balaban J connectivity index is 4.31. The summed E-state index contributed by atoms with van der Waals surface area (Å²) in [7, 11) is 0. The fraction of sp³-hybridized carbons (Fsp3) is 0.778. The van der Waals surface area contributed by atoms with Crippen LogP contribution in [0, 0.1) is 0 Å². The van der Waals surface area contributed by atoms with E-state index in [1.165, 1.54) is 6.92 Å². The van der Waals surface area contributed by atoms with Crippen LogP contribution in [0.3, 0.4) is 0 Å². The van der Waals surface area contributed by atoms with Gasteiger partial charge >= 0.3 is 12.1 Å². The van der Waals surface area contributed by atoms with Gasteiger partial charge in [-0.15, -0.1) is 0 Å². The second kappa shape index (κ2) is 5.06. The Bertz CT molecular complexity index is 247. The molecule has 0 aliphatic heterocycles.